The van der Waals surface area contributed by atoms with Crippen LogP contribution in [0.15, 0.2) is 53.3 Å². The van der Waals surface area contributed by atoms with E-state index in [1.807, 2.05) is 25.1 Å². The minimum absolute atomic E-state index is 0.334. The topological polar surface area (TPSA) is 71.2 Å². The first kappa shape index (κ1) is 18.8. The Kier molecular flexibility index (Phi) is 4.60. The molecule has 0 bridgehead atoms. The van der Waals surface area contributed by atoms with Gasteiger partial charge in [-0.3, -0.25) is 4.98 Å². The molecule has 4 rings (SSSR count). The number of nitrogens with one attached hydrogen (secondary N) is 1. The highest BCUT2D eigenvalue weighted by Crippen LogP contribution is 2.48. The van der Waals surface area contributed by atoms with Gasteiger partial charge in [0.25, 0.3) is 0 Å². The van der Waals surface area contributed by atoms with Gasteiger partial charge in [-0.2, -0.15) is 0 Å². The Morgan fingerprint density at radius 2 is 1.82 bits per heavy atom. The third kappa shape index (κ3) is 2.95. The van der Waals surface area contributed by atoms with Crippen LogP contribution in [0.3, 0.4) is 0 Å². The van der Waals surface area contributed by atoms with E-state index < -0.39 is 5.60 Å². The van der Waals surface area contributed by atoms with Crippen molar-refractivity contribution in [1.29, 1.82) is 0 Å². The summed E-state index contributed by atoms with van der Waals surface area (Å²) in [5.74, 6) is 1.71. The number of oxazole rings is 1. The molecule has 5 heteroatoms. The molecule has 1 saturated heterocycles. The van der Waals surface area contributed by atoms with Crippen LogP contribution in [0, 0.1) is 12.3 Å². The smallest absolute Gasteiger partial charge is 0.227 e. The fourth-order valence-electron chi connectivity index (χ4n) is 3.97. The van der Waals surface area contributed by atoms with Crippen LogP contribution < -0.4 is 5.32 Å². The Labute approximate surface area is 165 Å². The molecule has 1 aliphatic heterocycles. The number of rotatable bonds is 5. The van der Waals surface area contributed by atoms with Crippen LogP contribution in [0.25, 0.3) is 11.5 Å². The summed E-state index contributed by atoms with van der Waals surface area (Å²) in [4.78, 5) is 8.71. The molecule has 0 saturated carbocycles. The highest BCUT2D eigenvalue weighted by molar-refractivity contribution is 5.55. The van der Waals surface area contributed by atoms with Crippen molar-refractivity contribution in [1.82, 2.24) is 15.3 Å². The number of pyridine rings is 1. The molecule has 1 atom stereocenters. The highest BCUT2D eigenvalue weighted by Gasteiger charge is 2.53. The second-order valence-electron chi connectivity index (χ2n) is 8.39. The molecule has 3 heterocycles. The quantitative estimate of drug-likeness (QED) is 0.703. The normalized spacial score (nSPS) is 17.9. The lowest BCUT2D eigenvalue weighted by atomic mass is 9.63. The molecule has 0 aliphatic carbocycles. The largest absolute Gasteiger partial charge is 0.441 e. The lowest BCUT2D eigenvalue weighted by Crippen LogP contribution is -2.63. The number of aromatic nitrogens is 2. The summed E-state index contributed by atoms with van der Waals surface area (Å²) in [6, 6.07) is 10.2. The van der Waals surface area contributed by atoms with E-state index in [0.29, 0.717) is 11.8 Å². The molecule has 0 amide bonds. The van der Waals surface area contributed by atoms with Gasteiger partial charge in [0, 0.05) is 36.5 Å². The minimum atomic E-state index is -1.17. The van der Waals surface area contributed by atoms with Crippen molar-refractivity contribution < 1.29 is 9.52 Å². The van der Waals surface area contributed by atoms with Gasteiger partial charge in [-0.05, 0) is 30.0 Å². The van der Waals surface area contributed by atoms with Gasteiger partial charge in [-0.15, -0.1) is 0 Å². The molecule has 1 fully saturated rings. The number of hydrogen-bond acceptors (Lipinski definition) is 5. The first-order valence-electron chi connectivity index (χ1n) is 9.75. The molecule has 1 unspecified atom stereocenters. The fourth-order valence-corrected chi connectivity index (χ4v) is 3.97. The Morgan fingerprint density at radius 3 is 2.36 bits per heavy atom. The predicted molar refractivity (Wildman–Crippen MR) is 109 cm³/mol. The third-order valence-electron chi connectivity index (χ3n) is 5.92. The second-order valence-corrected chi connectivity index (χ2v) is 8.39. The Bertz CT molecular complexity index is 974. The van der Waals surface area contributed by atoms with E-state index in [-0.39, 0.29) is 5.41 Å². The average molecular weight is 377 g/mol. The molecule has 3 aromatic rings. The zero-order valence-electron chi connectivity index (χ0n) is 16.9. The van der Waals surface area contributed by atoms with E-state index in [1.54, 1.807) is 18.6 Å². The lowest BCUT2D eigenvalue weighted by Gasteiger charge is -2.52. The molecular weight excluding hydrogens is 350 g/mol. The second kappa shape index (κ2) is 6.83. The van der Waals surface area contributed by atoms with Gasteiger partial charge in [-0.1, -0.05) is 45.0 Å². The van der Waals surface area contributed by atoms with Gasteiger partial charge in [0.2, 0.25) is 5.89 Å². The molecule has 1 aliphatic rings. The van der Waals surface area contributed by atoms with Gasteiger partial charge in [0.15, 0.2) is 0 Å². The van der Waals surface area contributed by atoms with Crippen LogP contribution in [-0.4, -0.2) is 28.2 Å². The highest BCUT2D eigenvalue weighted by atomic mass is 16.4. The van der Waals surface area contributed by atoms with E-state index >= 15 is 0 Å². The minimum Gasteiger partial charge on any atom is -0.441 e. The fraction of sp³-hybridized carbons (Fsp3) is 0.391. The predicted octanol–water partition coefficient (Wildman–Crippen LogP) is 4.01. The number of benzene rings is 1. The molecule has 0 radical (unpaired) electrons. The molecular formula is C23H27N3O2. The van der Waals surface area contributed by atoms with Crippen LogP contribution in [0.5, 0.6) is 0 Å². The maximum Gasteiger partial charge on any atom is 0.227 e. The zero-order chi connectivity index (χ0) is 19.9. The number of aliphatic hydroxyl groups is 1. The van der Waals surface area contributed by atoms with E-state index in [1.165, 1.54) is 5.56 Å². The summed E-state index contributed by atoms with van der Waals surface area (Å²) >= 11 is 0. The molecule has 28 heavy (non-hydrogen) atoms. The average Bonchev–Trinajstić information content (AvgIpc) is 3.12. The lowest BCUT2D eigenvalue weighted by molar-refractivity contribution is -0.0769. The maximum atomic E-state index is 12.1. The van der Waals surface area contributed by atoms with Gasteiger partial charge in [0.1, 0.15) is 11.4 Å². The van der Waals surface area contributed by atoms with Crippen LogP contribution in [0.2, 0.25) is 0 Å². The Morgan fingerprint density at radius 1 is 1.11 bits per heavy atom. The van der Waals surface area contributed by atoms with E-state index in [2.05, 4.69) is 48.2 Å². The van der Waals surface area contributed by atoms with Crippen molar-refractivity contribution in [3.05, 3.63) is 71.4 Å². The molecule has 1 aromatic carbocycles. The molecule has 2 N–H and O–H groups in total. The van der Waals surface area contributed by atoms with E-state index in [4.69, 9.17) is 4.42 Å². The summed E-state index contributed by atoms with van der Waals surface area (Å²) in [7, 11) is 0. The summed E-state index contributed by atoms with van der Waals surface area (Å²) in [6.45, 7) is 9.78. The number of nitrogens with zero attached hydrogens (tertiary/aromatic N) is 2. The molecule has 0 spiro atoms. The van der Waals surface area contributed by atoms with Crippen molar-refractivity contribution in [2.45, 2.75) is 39.2 Å². The summed E-state index contributed by atoms with van der Waals surface area (Å²) in [6.07, 6.45) is 5.16. The molecule has 2 aromatic heterocycles. The van der Waals surface area contributed by atoms with Crippen molar-refractivity contribution in [2.24, 2.45) is 5.41 Å². The Balaban J connectivity index is 1.83. The van der Waals surface area contributed by atoms with Crippen LogP contribution in [0.1, 0.15) is 49.1 Å². The van der Waals surface area contributed by atoms with E-state index in [0.717, 1.165) is 35.5 Å². The van der Waals surface area contributed by atoms with Crippen molar-refractivity contribution in [3.8, 4) is 11.5 Å². The molecule has 146 valence electrons. The van der Waals surface area contributed by atoms with E-state index in [9.17, 15) is 5.11 Å². The first-order chi connectivity index (χ1) is 13.3. The summed E-state index contributed by atoms with van der Waals surface area (Å²) < 4.78 is 5.67. The van der Waals surface area contributed by atoms with Crippen molar-refractivity contribution >= 4 is 0 Å². The van der Waals surface area contributed by atoms with Gasteiger partial charge >= 0.3 is 0 Å². The monoisotopic (exact) mass is 377 g/mol. The van der Waals surface area contributed by atoms with Gasteiger partial charge in [-0.25, -0.2) is 4.98 Å². The number of hydrogen-bond donors (Lipinski definition) is 2. The van der Waals surface area contributed by atoms with Crippen molar-refractivity contribution in [2.75, 3.05) is 13.1 Å². The standard InChI is InChI=1S/C23H27N3O2/c1-15(2)17-5-7-19(8-6-17)23(27,22(4)13-25-14-22)20-9-18(11-24-12-20)21-26-10-16(3)28-21/h5-12,15,25,27H,13-14H2,1-4H3. The Hall–Kier alpha value is -2.50. The summed E-state index contributed by atoms with van der Waals surface area (Å²) in [5, 5.41) is 15.4. The SMILES string of the molecule is Cc1cnc(-c2cncc(C(O)(c3ccc(C(C)C)cc3)C3(C)CNC3)c2)o1. The maximum absolute atomic E-state index is 12.1. The summed E-state index contributed by atoms with van der Waals surface area (Å²) in [5.41, 5.74) is 2.15. The van der Waals surface area contributed by atoms with Crippen LogP contribution in [0.4, 0.5) is 0 Å². The first-order valence-corrected chi connectivity index (χ1v) is 9.75. The van der Waals surface area contributed by atoms with Gasteiger partial charge in [0.05, 0.1) is 11.8 Å². The molecule has 5 nitrogen and oxygen atoms in total. The van der Waals surface area contributed by atoms with Gasteiger partial charge < -0.3 is 14.8 Å². The van der Waals surface area contributed by atoms with Crippen LogP contribution >= 0.6 is 0 Å². The third-order valence-corrected chi connectivity index (χ3v) is 5.92. The van der Waals surface area contributed by atoms with Crippen LogP contribution in [-0.2, 0) is 5.60 Å². The zero-order valence-corrected chi connectivity index (χ0v) is 16.9. The number of aryl methyl sites for hydroxylation is 1. The van der Waals surface area contributed by atoms with Crippen molar-refractivity contribution in [3.63, 3.8) is 0 Å².